The Balaban J connectivity index is 1.37. The lowest BCUT2D eigenvalue weighted by molar-refractivity contribution is -0.116. The average Bonchev–Trinajstić information content (AvgIpc) is 3.56. The Morgan fingerprint density at radius 3 is 2.73 bits per heavy atom. The van der Waals surface area contributed by atoms with E-state index in [2.05, 4.69) is 15.3 Å². The summed E-state index contributed by atoms with van der Waals surface area (Å²) >= 11 is 4.39. The van der Waals surface area contributed by atoms with E-state index >= 15 is 0 Å². The van der Waals surface area contributed by atoms with Crippen molar-refractivity contribution in [2.75, 3.05) is 12.4 Å². The van der Waals surface area contributed by atoms with Crippen LogP contribution in [0.25, 0.3) is 31.9 Å². The van der Waals surface area contributed by atoms with Gasteiger partial charge in [0.1, 0.15) is 17.1 Å². The van der Waals surface area contributed by atoms with E-state index in [0.29, 0.717) is 15.3 Å². The van der Waals surface area contributed by atoms with E-state index in [9.17, 15) is 9.59 Å². The molecule has 5 aromatic rings. The van der Waals surface area contributed by atoms with E-state index in [1.54, 1.807) is 18.4 Å². The summed E-state index contributed by atoms with van der Waals surface area (Å²) < 4.78 is 6.54. The normalized spacial score (nSPS) is 11.1. The van der Waals surface area contributed by atoms with Gasteiger partial charge in [0.2, 0.25) is 5.91 Å². The number of methoxy groups -OCH3 is 1. The smallest absolute Gasteiger partial charge is 0.263 e. The standard InChI is InChI=1S/C23H18N4O3S3/c1-13-20(14-5-7-15(30-2)8-6-14)26-23(33-13)25-18(28)10-27-12-24-21-19(22(27)29)16(11-32-21)17-4-3-9-31-17/h3-9,11-12H,10H2,1-2H3,(H,25,26,28). The number of thiophene rings is 2. The van der Waals surface area contributed by atoms with Crippen molar-refractivity contribution in [2.45, 2.75) is 13.5 Å². The highest BCUT2D eigenvalue weighted by Crippen LogP contribution is 2.34. The van der Waals surface area contributed by atoms with Crippen LogP contribution in [0.15, 0.2) is 58.3 Å². The van der Waals surface area contributed by atoms with Crippen molar-refractivity contribution in [3.8, 4) is 27.4 Å². The predicted octanol–water partition coefficient (Wildman–Crippen LogP) is 5.27. The van der Waals surface area contributed by atoms with Crippen LogP contribution in [0.2, 0.25) is 0 Å². The van der Waals surface area contributed by atoms with Crippen LogP contribution in [0.5, 0.6) is 5.75 Å². The minimum absolute atomic E-state index is 0.141. The van der Waals surface area contributed by atoms with Gasteiger partial charge in [0.15, 0.2) is 5.13 Å². The highest BCUT2D eigenvalue weighted by Gasteiger charge is 2.17. The van der Waals surface area contributed by atoms with Gasteiger partial charge in [-0.3, -0.25) is 14.2 Å². The van der Waals surface area contributed by atoms with Gasteiger partial charge < -0.3 is 10.1 Å². The van der Waals surface area contributed by atoms with Crippen molar-refractivity contribution in [1.29, 1.82) is 0 Å². The molecule has 0 radical (unpaired) electrons. The number of hydrogen-bond donors (Lipinski definition) is 1. The third-order valence-electron chi connectivity index (χ3n) is 5.07. The van der Waals surface area contributed by atoms with Gasteiger partial charge in [-0.15, -0.1) is 34.0 Å². The molecule has 0 spiro atoms. The molecule has 166 valence electrons. The fraction of sp³-hybridized carbons (Fsp3) is 0.130. The number of thiazole rings is 1. The molecule has 0 unspecified atom stereocenters. The van der Waals surface area contributed by atoms with Gasteiger partial charge in [0.25, 0.3) is 5.56 Å². The van der Waals surface area contributed by atoms with E-state index in [4.69, 9.17) is 4.74 Å². The van der Waals surface area contributed by atoms with Crippen molar-refractivity contribution in [3.63, 3.8) is 0 Å². The number of rotatable bonds is 6. The van der Waals surface area contributed by atoms with Crippen molar-refractivity contribution in [2.24, 2.45) is 0 Å². The Morgan fingerprint density at radius 2 is 2.00 bits per heavy atom. The Kier molecular flexibility index (Phi) is 5.79. The molecule has 5 rings (SSSR count). The predicted molar refractivity (Wildman–Crippen MR) is 135 cm³/mol. The number of carbonyl (C=O) groups excluding carboxylic acids is 1. The second kappa shape index (κ2) is 8.89. The lowest BCUT2D eigenvalue weighted by Crippen LogP contribution is -2.27. The highest BCUT2D eigenvalue weighted by atomic mass is 32.1. The molecule has 0 saturated heterocycles. The minimum atomic E-state index is -0.332. The number of ether oxygens (including phenoxy) is 1. The van der Waals surface area contributed by atoms with E-state index < -0.39 is 0 Å². The number of anilines is 1. The maximum Gasteiger partial charge on any atom is 0.263 e. The summed E-state index contributed by atoms with van der Waals surface area (Å²) in [6.45, 7) is 1.82. The summed E-state index contributed by atoms with van der Waals surface area (Å²) in [5, 5.41) is 7.76. The van der Waals surface area contributed by atoms with E-state index in [1.807, 2.05) is 54.1 Å². The van der Waals surface area contributed by atoms with Gasteiger partial charge >= 0.3 is 0 Å². The van der Waals surface area contributed by atoms with Crippen LogP contribution in [-0.2, 0) is 11.3 Å². The molecular formula is C23H18N4O3S3. The molecule has 0 bridgehead atoms. The van der Waals surface area contributed by atoms with Crippen LogP contribution in [-0.4, -0.2) is 27.6 Å². The number of aryl methyl sites for hydroxylation is 1. The minimum Gasteiger partial charge on any atom is -0.497 e. The molecule has 1 amide bonds. The van der Waals surface area contributed by atoms with Crippen molar-refractivity contribution < 1.29 is 9.53 Å². The topological polar surface area (TPSA) is 86.1 Å². The molecule has 0 aliphatic carbocycles. The summed E-state index contributed by atoms with van der Waals surface area (Å²) in [5.41, 5.74) is 2.37. The van der Waals surface area contributed by atoms with Gasteiger partial charge in [0, 0.05) is 26.3 Å². The first-order valence-electron chi connectivity index (χ1n) is 9.95. The molecule has 33 heavy (non-hydrogen) atoms. The molecule has 7 nitrogen and oxygen atoms in total. The molecular weight excluding hydrogens is 476 g/mol. The maximum atomic E-state index is 13.1. The van der Waals surface area contributed by atoms with Gasteiger partial charge in [-0.1, -0.05) is 6.07 Å². The molecule has 0 aliphatic rings. The van der Waals surface area contributed by atoms with Gasteiger partial charge in [0.05, 0.1) is 24.5 Å². The molecule has 0 aliphatic heterocycles. The highest BCUT2D eigenvalue weighted by molar-refractivity contribution is 7.18. The molecule has 0 atom stereocenters. The van der Waals surface area contributed by atoms with Crippen LogP contribution in [0.4, 0.5) is 5.13 Å². The Morgan fingerprint density at radius 1 is 1.18 bits per heavy atom. The van der Waals surface area contributed by atoms with Crippen molar-refractivity contribution in [3.05, 3.63) is 68.7 Å². The largest absolute Gasteiger partial charge is 0.497 e. The fourth-order valence-electron chi connectivity index (χ4n) is 3.47. The molecule has 10 heteroatoms. The van der Waals surface area contributed by atoms with Gasteiger partial charge in [-0.25, -0.2) is 9.97 Å². The van der Waals surface area contributed by atoms with E-state index in [1.165, 1.54) is 33.6 Å². The van der Waals surface area contributed by atoms with E-state index in [-0.39, 0.29) is 18.0 Å². The fourth-order valence-corrected chi connectivity index (χ4v) is 6.05. The monoisotopic (exact) mass is 494 g/mol. The first-order valence-corrected chi connectivity index (χ1v) is 12.5. The Labute approximate surface area is 201 Å². The molecule has 4 aromatic heterocycles. The zero-order valence-electron chi connectivity index (χ0n) is 17.7. The number of amides is 1. The van der Waals surface area contributed by atoms with Crippen LogP contribution in [0.1, 0.15) is 4.88 Å². The van der Waals surface area contributed by atoms with Crippen LogP contribution >= 0.6 is 34.0 Å². The average molecular weight is 495 g/mol. The second-order valence-electron chi connectivity index (χ2n) is 7.18. The third kappa shape index (κ3) is 4.20. The maximum absolute atomic E-state index is 13.1. The zero-order valence-corrected chi connectivity index (χ0v) is 20.1. The number of carbonyl (C=O) groups is 1. The number of hydrogen-bond acceptors (Lipinski definition) is 8. The van der Waals surface area contributed by atoms with Crippen LogP contribution < -0.4 is 15.6 Å². The van der Waals surface area contributed by atoms with Crippen molar-refractivity contribution >= 4 is 55.3 Å². The second-order valence-corrected chi connectivity index (χ2v) is 10.2. The molecule has 1 aromatic carbocycles. The lowest BCUT2D eigenvalue weighted by Gasteiger charge is -2.06. The zero-order chi connectivity index (χ0) is 22.9. The molecule has 0 fully saturated rings. The molecule has 4 heterocycles. The van der Waals surface area contributed by atoms with Gasteiger partial charge in [-0.05, 0) is 42.6 Å². The number of fused-ring (bicyclic) bond motifs is 1. The Bertz CT molecular complexity index is 1500. The summed E-state index contributed by atoms with van der Waals surface area (Å²) in [5.74, 6) is 0.435. The molecule has 0 saturated carbocycles. The summed E-state index contributed by atoms with van der Waals surface area (Å²) in [6, 6.07) is 11.5. The van der Waals surface area contributed by atoms with E-state index in [0.717, 1.165) is 32.3 Å². The number of nitrogens with one attached hydrogen (secondary N) is 1. The summed E-state index contributed by atoms with van der Waals surface area (Å²) in [6.07, 6.45) is 1.43. The first kappa shape index (κ1) is 21.5. The van der Waals surface area contributed by atoms with Crippen LogP contribution in [0.3, 0.4) is 0 Å². The Hall–Kier alpha value is -3.34. The summed E-state index contributed by atoms with van der Waals surface area (Å²) in [7, 11) is 1.62. The lowest BCUT2D eigenvalue weighted by atomic mass is 10.1. The number of benzene rings is 1. The van der Waals surface area contributed by atoms with Crippen molar-refractivity contribution in [1.82, 2.24) is 14.5 Å². The van der Waals surface area contributed by atoms with Crippen LogP contribution in [0, 0.1) is 6.92 Å². The molecule has 1 N–H and O–H groups in total. The SMILES string of the molecule is COc1ccc(-c2nc(NC(=O)Cn3cnc4scc(-c5cccs5)c4c3=O)sc2C)cc1. The van der Waals surface area contributed by atoms with Gasteiger partial charge in [-0.2, -0.15) is 0 Å². The first-order chi connectivity index (χ1) is 16.0. The quantitative estimate of drug-likeness (QED) is 0.348. The third-order valence-corrected chi connectivity index (χ3v) is 7.74. The summed E-state index contributed by atoms with van der Waals surface area (Å²) in [4.78, 5) is 37.5. The number of nitrogens with zero attached hydrogens (tertiary/aromatic N) is 3. The number of aromatic nitrogens is 3.